The summed E-state index contributed by atoms with van der Waals surface area (Å²) >= 11 is 3.50. The van der Waals surface area contributed by atoms with Crippen molar-refractivity contribution in [3.8, 4) is 0 Å². The third-order valence-electron chi connectivity index (χ3n) is 2.39. The molecule has 1 fully saturated rings. The van der Waals surface area contributed by atoms with Crippen LogP contribution in [0.3, 0.4) is 0 Å². The van der Waals surface area contributed by atoms with Gasteiger partial charge < -0.3 is 10.2 Å². The Morgan fingerprint density at radius 2 is 2.20 bits per heavy atom. The Hall–Kier alpha value is -0.680. The zero-order valence-corrected chi connectivity index (χ0v) is 10.3. The number of carbonyl (C=O) groups excluding carboxylic acids is 1. The number of amides is 1. The van der Waals surface area contributed by atoms with Crippen LogP contribution in [-0.4, -0.2) is 42.4 Å². The maximum absolute atomic E-state index is 12.0. The van der Waals surface area contributed by atoms with Crippen LogP contribution >= 0.6 is 23.1 Å². The van der Waals surface area contributed by atoms with Gasteiger partial charge in [-0.15, -0.1) is 11.3 Å². The fourth-order valence-corrected chi connectivity index (χ4v) is 3.17. The second kappa shape index (κ2) is 4.90. The maximum Gasteiger partial charge on any atom is 0.254 e. The minimum absolute atomic E-state index is 0.174. The molecule has 0 unspecified atom stereocenters. The van der Waals surface area contributed by atoms with E-state index in [1.807, 2.05) is 35.2 Å². The van der Waals surface area contributed by atoms with Crippen molar-refractivity contribution in [2.45, 2.75) is 0 Å². The van der Waals surface area contributed by atoms with Gasteiger partial charge in [-0.05, 0) is 6.07 Å². The van der Waals surface area contributed by atoms with Crippen molar-refractivity contribution in [2.24, 2.45) is 0 Å². The van der Waals surface area contributed by atoms with Crippen LogP contribution in [0.4, 0.5) is 5.00 Å². The quantitative estimate of drug-likeness (QED) is 0.860. The normalized spacial score (nSPS) is 16.5. The lowest BCUT2D eigenvalue weighted by atomic mass is 10.3. The van der Waals surface area contributed by atoms with Crippen molar-refractivity contribution in [1.29, 1.82) is 0 Å². The standard InChI is InChI=1S/C10H14N2OS2/c1-11-9-6-8(7-15-9)10(13)12-2-4-14-5-3-12/h6-7,11H,2-5H2,1H3. The number of hydrogen-bond acceptors (Lipinski definition) is 4. The van der Waals surface area contributed by atoms with E-state index < -0.39 is 0 Å². The highest BCUT2D eigenvalue weighted by Crippen LogP contribution is 2.22. The van der Waals surface area contributed by atoms with E-state index in [-0.39, 0.29) is 5.91 Å². The summed E-state index contributed by atoms with van der Waals surface area (Å²) in [4.78, 5) is 14.0. The first-order valence-corrected chi connectivity index (χ1v) is 6.98. The van der Waals surface area contributed by atoms with Crippen LogP contribution in [0.5, 0.6) is 0 Å². The second-order valence-corrected chi connectivity index (χ2v) is 5.49. The third-order valence-corrected chi connectivity index (χ3v) is 4.28. The molecular formula is C10H14N2OS2. The molecule has 0 bridgehead atoms. The van der Waals surface area contributed by atoms with Gasteiger partial charge in [0.05, 0.1) is 10.6 Å². The van der Waals surface area contributed by atoms with Gasteiger partial charge in [0.1, 0.15) is 0 Å². The topological polar surface area (TPSA) is 32.3 Å². The molecule has 0 atom stereocenters. The SMILES string of the molecule is CNc1cc(C(=O)N2CCSCC2)cs1. The molecule has 82 valence electrons. The van der Waals surface area contributed by atoms with Crippen LogP contribution in [-0.2, 0) is 0 Å². The number of rotatable bonds is 2. The highest BCUT2D eigenvalue weighted by atomic mass is 32.2. The van der Waals surface area contributed by atoms with Gasteiger partial charge in [0, 0.05) is 37.0 Å². The van der Waals surface area contributed by atoms with Gasteiger partial charge in [0.2, 0.25) is 0 Å². The summed E-state index contributed by atoms with van der Waals surface area (Å²) in [6.45, 7) is 1.77. The molecule has 2 heterocycles. The highest BCUT2D eigenvalue weighted by Gasteiger charge is 2.19. The minimum atomic E-state index is 0.174. The summed E-state index contributed by atoms with van der Waals surface area (Å²) < 4.78 is 0. The molecule has 5 heteroatoms. The second-order valence-electron chi connectivity index (χ2n) is 3.35. The summed E-state index contributed by atoms with van der Waals surface area (Å²) in [6.07, 6.45) is 0. The van der Waals surface area contributed by atoms with Crippen molar-refractivity contribution in [1.82, 2.24) is 4.90 Å². The Morgan fingerprint density at radius 3 is 2.80 bits per heavy atom. The maximum atomic E-state index is 12.0. The van der Waals surface area contributed by atoms with Crippen LogP contribution in [0.2, 0.25) is 0 Å². The van der Waals surface area contributed by atoms with Crippen molar-refractivity contribution in [3.63, 3.8) is 0 Å². The number of carbonyl (C=O) groups is 1. The number of thiophene rings is 1. The predicted octanol–water partition coefficient (Wildman–Crippen LogP) is 1.98. The van der Waals surface area contributed by atoms with E-state index in [2.05, 4.69) is 5.32 Å². The molecule has 0 saturated carbocycles. The molecule has 0 aliphatic carbocycles. The number of hydrogen-bond donors (Lipinski definition) is 1. The molecule has 1 N–H and O–H groups in total. The van der Waals surface area contributed by atoms with Crippen molar-refractivity contribution < 1.29 is 4.79 Å². The first-order chi connectivity index (χ1) is 7.31. The number of nitrogens with one attached hydrogen (secondary N) is 1. The fraction of sp³-hybridized carbons (Fsp3) is 0.500. The molecule has 0 aromatic carbocycles. The smallest absolute Gasteiger partial charge is 0.254 e. The summed E-state index contributed by atoms with van der Waals surface area (Å²) in [7, 11) is 1.87. The first kappa shape index (κ1) is 10.8. The van der Waals surface area contributed by atoms with Crippen molar-refractivity contribution >= 4 is 34.0 Å². The first-order valence-electron chi connectivity index (χ1n) is 4.94. The minimum Gasteiger partial charge on any atom is -0.380 e. The fourth-order valence-electron chi connectivity index (χ4n) is 1.53. The number of anilines is 1. The van der Waals surface area contributed by atoms with E-state index in [9.17, 15) is 4.79 Å². The van der Waals surface area contributed by atoms with Gasteiger partial charge in [-0.25, -0.2) is 0 Å². The molecule has 1 saturated heterocycles. The Bertz CT molecular complexity index is 345. The molecule has 3 nitrogen and oxygen atoms in total. The predicted molar refractivity (Wildman–Crippen MR) is 67.1 cm³/mol. The van der Waals surface area contributed by atoms with Crippen LogP contribution in [0, 0.1) is 0 Å². The average molecular weight is 242 g/mol. The third kappa shape index (κ3) is 2.46. The van der Waals surface area contributed by atoms with E-state index >= 15 is 0 Å². The Labute approximate surface area is 97.8 Å². The van der Waals surface area contributed by atoms with Gasteiger partial charge in [0.25, 0.3) is 5.91 Å². The zero-order chi connectivity index (χ0) is 10.7. The van der Waals surface area contributed by atoms with E-state index in [0.29, 0.717) is 0 Å². The molecule has 15 heavy (non-hydrogen) atoms. The monoisotopic (exact) mass is 242 g/mol. The van der Waals surface area contributed by atoms with Crippen LogP contribution in [0.15, 0.2) is 11.4 Å². The lowest BCUT2D eigenvalue weighted by molar-refractivity contribution is 0.0773. The molecule has 1 aliphatic heterocycles. The molecule has 1 amide bonds. The lowest BCUT2D eigenvalue weighted by Gasteiger charge is -2.25. The van der Waals surface area contributed by atoms with E-state index in [4.69, 9.17) is 0 Å². The number of nitrogens with zero attached hydrogens (tertiary/aromatic N) is 1. The van der Waals surface area contributed by atoms with Crippen LogP contribution in [0.25, 0.3) is 0 Å². The molecule has 2 rings (SSSR count). The molecule has 0 radical (unpaired) electrons. The Balaban J connectivity index is 2.05. The highest BCUT2D eigenvalue weighted by molar-refractivity contribution is 7.99. The molecular weight excluding hydrogens is 228 g/mol. The molecule has 1 aliphatic rings. The summed E-state index contributed by atoms with van der Waals surface area (Å²) in [5.74, 6) is 2.30. The zero-order valence-electron chi connectivity index (χ0n) is 8.66. The van der Waals surface area contributed by atoms with Gasteiger partial charge in [-0.2, -0.15) is 11.8 Å². The number of thioether (sulfide) groups is 1. The van der Waals surface area contributed by atoms with Gasteiger partial charge >= 0.3 is 0 Å². The van der Waals surface area contributed by atoms with E-state index in [1.54, 1.807) is 11.3 Å². The average Bonchev–Trinajstić information content (AvgIpc) is 2.78. The molecule has 1 aromatic heterocycles. The van der Waals surface area contributed by atoms with Gasteiger partial charge in [0.15, 0.2) is 0 Å². The summed E-state index contributed by atoms with van der Waals surface area (Å²) in [6, 6.07) is 1.93. The molecule has 1 aromatic rings. The Kier molecular flexibility index (Phi) is 3.53. The summed E-state index contributed by atoms with van der Waals surface area (Å²) in [5, 5.41) is 6.02. The van der Waals surface area contributed by atoms with Gasteiger partial charge in [-0.3, -0.25) is 4.79 Å². The van der Waals surface area contributed by atoms with E-state index in [0.717, 1.165) is 35.2 Å². The van der Waals surface area contributed by atoms with Crippen molar-refractivity contribution in [2.75, 3.05) is 37.0 Å². The van der Waals surface area contributed by atoms with Crippen molar-refractivity contribution in [3.05, 3.63) is 17.0 Å². The summed E-state index contributed by atoms with van der Waals surface area (Å²) in [5.41, 5.74) is 0.816. The Morgan fingerprint density at radius 1 is 1.47 bits per heavy atom. The van der Waals surface area contributed by atoms with Crippen LogP contribution < -0.4 is 5.32 Å². The lowest BCUT2D eigenvalue weighted by Crippen LogP contribution is -2.37. The van der Waals surface area contributed by atoms with Gasteiger partial charge in [-0.1, -0.05) is 0 Å². The van der Waals surface area contributed by atoms with Crippen LogP contribution in [0.1, 0.15) is 10.4 Å². The molecule has 0 spiro atoms. The largest absolute Gasteiger partial charge is 0.380 e. The van der Waals surface area contributed by atoms with E-state index in [1.165, 1.54) is 0 Å².